The summed E-state index contributed by atoms with van der Waals surface area (Å²) in [6, 6.07) is 0. The lowest BCUT2D eigenvalue weighted by Crippen LogP contribution is -2.56. The molecule has 0 saturated carbocycles. The van der Waals surface area contributed by atoms with E-state index in [2.05, 4.69) is 4.74 Å². The molecule has 2 aliphatic heterocycles. The first-order valence-corrected chi connectivity index (χ1v) is 6.32. The van der Waals surface area contributed by atoms with Crippen LogP contribution < -0.4 is 0 Å². The highest BCUT2D eigenvalue weighted by Crippen LogP contribution is 2.31. The van der Waals surface area contributed by atoms with Gasteiger partial charge in [0, 0.05) is 0 Å². The van der Waals surface area contributed by atoms with Gasteiger partial charge in [-0.05, 0) is 20.8 Å². The third-order valence-electron chi connectivity index (χ3n) is 3.36. The van der Waals surface area contributed by atoms with Gasteiger partial charge >= 0.3 is 6.09 Å². The third-order valence-corrected chi connectivity index (χ3v) is 3.36. The van der Waals surface area contributed by atoms with Gasteiger partial charge in [0.05, 0.1) is 13.2 Å². The topological polar surface area (TPSA) is 85.3 Å². The molecule has 2 rings (SSSR count). The fourth-order valence-corrected chi connectivity index (χ4v) is 2.19. The van der Waals surface area contributed by atoms with Gasteiger partial charge in [-0.3, -0.25) is 4.79 Å². The van der Waals surface area contributed by atoms with Crippen molar-refractivity contribution in [3.05, 3.63) is 0 Å². The van der Waals surface area contributed by atoms with Gasteiger partial charge in [0.1, 0.15) is 18.8 Å². The number of carbonyl (C=O) groups is 2. The molecule has 114 valence electrons. The molecule has 2 heterocycles. The molecule has 8 heteroatoms. The van der Waals surface area contributed by atoms with Crippen molar-refractivity contribution < 1.29 is 33.3 Å². The summed E-state index contributed by atoms with van der Waals surface area (Å²) in [5, 5.41) is 10.0. The van der Waals surface area contributed by atoms with E-state index in [9.17, 15) is 19.1 Å². The summed E-state index contributed by atoms with van der Waals surface area (Å²) in [5.74, 6) is -2.09. The molecule has 20 heavy (non-hydrogen) atoms. The Hall–Kier alpha value is -1.25. The van der Waals surface area contributed by atoms with E-state index < -0.39 is 35.7 Å². The highest BCUT2D eigenvalue weighted by molar-refractivity contribution is 5.97. The van der Waals surface area contributed by atoms with Crippen LogP contribution in [0.3, 0.4) is 0 Å². The van der Waals surface area contributed by atoms with Crippen LogP contribution in [0.15, 0.2) is 0 Å². The number of hydrogen-bond donors (Lipinski definition) is 1. The molecule has 2 amide bonds. The maximum Gasteiger partial charge on any atom is 0.416 e. The fourth-order valence-electron chi connectivity index (χ4n) is 2.19. The number of imide groups is 1. The Bertz CT molecular complexity index is 424. The summed E-state index contributed by atoms with van der Waals surface area (Å²) >= 11 is 0. The molecule has 0 spiro atoms. The zero-order chi connectivity index (χ0) is 15.1. The van der Waals surface area contributed by atoms with Gasteiger partial charge in [-0.15, -0.1) is 0 Å². The van der Waals surface area contributed by atoms with E-state index in [1.165, 1.54) is 0 Å². The molecular formula is C12H18FNO6. The molecular weight excluding hydrogens is 273 g/mol. The molecule has 0 aromatic carbocycles. The molecule has 0 radical (unpaired) electrons. The molecule has 1 N–H and O–H groups in total. The van der Waals surface area contributed by atoms with Crippen LogP contribution in [0.4, 0.5) is 9.18 Å². The number of alkyl halides is 1. The van der Waals surface area contributed by atoms with Gasteiger partial charge < -0.3 is 19.3 Å². The summed E-state index contributed by atoms with van der Waals surface area (Å²) in [5.41, 5.74) is -2.67. The fraction of sp³-hybridized carbons (Fsp3) is 0.833. The van der Waals surface area contributed by atoms with Crippen LogP contribution in [0.5, 0.6) is 0 Å². The number of nitrogens with zero attached hydrogens (tertiary/aromatic N) is 1. The molecule has 0 aromatic rings. The second kappa shape index (κ2) is 4.94. The lowest BCUT2D eigenvalue weighted by atomic mass is 9.95. The van der Waals surface area contributed by atoms with E-state index in [1.807, 2.05) is 0 Å². The number of amides is 2. The maximum absolute atomic E-state index is 14.6. The van der Waals surface area contributed by atoms with Crippen LogP contribution in [0.2, 0.25) is 0 Å². The maximum atomic E-state index is 14.6. The summed E-state index contributed by atoms with van der Waals surface area (Å²) in [6.07, 6.45) is -3.64. The van der Waals surface area contributed by atoms with Gasteiger partial charge in [-0.25, -0.2) is 14.1 Å². The average Bonchev–Trinajstić information content (AvgIpc) is 2.93. The van der Waals surface area contributed by atoms with Crippen LogP contribution in [0.25, 0.3) is 0 Å². The van der Waals surface area contributed by atoms with Gasteiger partial charge in [0.25, 0.3) is 5.91 Å². The highest BCUT2D eigenvalue weighted by atomic mass is 19.1. The highest BCUT2D eigenvalue weighted by Gasteiger charge is 2.52. The zero-order valence-corrected chi connectivity index (χ0v) is 11.6. The Morgan fingerprint density at radius 3 is 2.70 bits per heavy atom. The molecule has 2 fully saturated rings. The Labute approximate surface area is 115 Å². The number of hydrogen-bond acceptors (Lipinski definition) is 6. The van der Waals surface area contributed by atoms with Crippen molar-refractivity contribution in [1.29, 1.82) is 0 Å². The van der Waals surface area contributed by atoms with E-state index in [4.69, 9.17) is 9.47 Å². The number of aliphatic hydroxyl groups is 1. The monoisotopic (exact) mass is 291 g/mol. The van der Waals surface area contributed by atoms with Gasteiger partial charge in [-0.2, -0.15) is 0 Å². The number of halogens is 1. The summed E-state index contributed by atoms with van der Waals surface area (Å²) in [4.78, 5) is 24.0. The van der Waals surface area contributed by atoms with Crippen molar-refractivity contribution in [3.63, 3.8) is 0 Å². The van der Waals surface area contributed by atoms with Crippen LogP contribution in [-0.4, -0.2) is 65.4 Å². The first-order valence-electron chi connectivity index (χ1n) is 6.32. The number of aliphatic hydroxyl groups excluding tert-OH is 1. The van der Waals surface area contributed by atoms with Crippen molar-refractivity contribution in [2.45, 2.75) is 44.4 Å². The lowest BCUT2D eigenvalue weighted by Gasteiger charge is -2.30. The Morgan fingerprint density at radius 2 is 2.25 bits per heavy atom. The Morgan fingerprint density at radius 1 is 1.60 bits per heavy atom. The third kappa shape index (κ3) is 2.63. The molecule has 2 aliphatic rings. The van der Waals surface area contributed by atoms with Crippen LogP contribution >= 0.6 is 0 Å². The molecule has 7 nitrogen and oxygen atoms in total. The Kier molecular flexibility index (Phi) is 3.74. The minimum atomic E-state index is -2.67. The van der Waals surface area contributed by atoms with Gasteiger partial charge in [-0.1, -0.05) is 0 Å². The van der Waals surface area contributed by atoms with E-state index in [1.54, 1.807) is 13.8 Å². The number of ether oxygens (including phenoxy) is 3. The number of carbonyl (C=O) groups excluding carboxylic acids is 2. The van der Waals surface area contributed by atoms with Crippen molar-refractivity contribution >= 4 is 12.0 Å². The molecule has 0 unspecified atom stereocenters. The predicted octanol–water partition coefficient (Wildman–Crippen LogP) is 0.206. The standard InChI is InChI=1S/C12H18FNO6/c1-11(2)19-6-7(20-11)8(15)12(3,13)9(16)14-4-5-18-10(14)17/h7-8,15H,4-6H2,1-3H3/t7-,8-,12-/m1/s1. The van der Waals surface area contributed by atoms with Gasteiger partial charge in [0.15, 0.2) is 5.79 Å². The normalized spacial score (nSPS) is 29.9. The van der Waals surface area contributed by atoms with Crippen molar-refractivity contribution in [2.75, 3.05) is 19.8 Å². The minimum absolute atomic E-state index is 0.0207. The van der Waals surface area contributed by atoms with Crippen LogP contribution in [0.1, 0.15) is 20.8 Å². The first-order chi connectivity index (χ1) is 9.15. The van der Waals surface area contributed by atoms with Crippen LogP contribution in [-0.2, 0) is 19.0 Å². The van der Waals surface area contributed by atoms with E-state index in [-0.39, 0.29) is 19.8 Å². The quantitative estimate of drug-likeness (QED) is 0.800. The average molecular weight is 291 g/mol. The molecule has 2 saturated heterocycles. The van der Waals surface area contributed by atoms with Crippen molar-refractivity contribution in [3.8, 4) is 0 Å². The first kappa shape index (κ1) is 15.1. The van der Waals surface area contributed by atoms with Crippen LogP contribution in [0, 0.1) is 0 Å². The van der Waals surface area contributed by atoms with E-state index >= 15 is 0 Å². The SMILES string of the molecule is CC1(C)OC[C@H]([C@@H](O)[C@@](C)(F)C(=O)N2CCOC2=O)O1. The second-order valence-corrected chi connectivity index (χ2v) is 5.46. The molecule has 0 aromatic heterocycles. The van der Waals surface area contributed by atoms with Crippen molar-refractivity contribution in [2.24, 2.45) is 0 Å². The second-order valence-electron chi connectivity index (χ2n) is 5.46. The molecule has 3 atom stereocenters. The van der Waals surface area contributed by atoms with Crippen molar-refractivity contribution in [1.82, 2.24) is 4.90 Å². The lowest BCUT2D eigenvalue weighted by molar-refractivity contribution is -0.173. The summed E-state index contributed by atoms with van der Waals surface area (Å²) in [7, 11) is 0. The largest absolute Gasteiger partial charge is 0.447 e. The minimum Gasteiger partial charge on any atom is -0.447 e. The summed E-state index contributed by atoms with van der Waals surface area (Å²) < 4.78 is 29.8. The van der Waals surface area contributed by atoms with Gasteiger partial charge in [0.2, 0.25) is 5.67 Å². The van der Waals surface area contributed by atoms with E-state index in [0.717, 1.165) is 6.92 Å². The number of cyclic esters (lactones) is 1. The Balaban J connectivity index is 2.09. The summed E-state index contributed by atoms with van der Waals surface area (Å²) in [6.45, 7) is 4.11. The van der Waals surface area contributed by atoms with E-state index in [0.29, 0.717) is 4.90 Å². The molecule has 0 aliphatic carbocycles. The smallest absolute Gasteiger partial charge is 0.416 e. The predicted molar refractivity (Wildman–Crippen MR) is 63.5 cm³/mol. The molecule has 0 bridgehead atoms. The number of rotatable bonds is 3. The zero-order valence-electron chi connectivity index (χ0n) is 11.6.